The van der Waals surface area contributed by atoms with Crippen LogP contribution in [0.2, 0.25) is 0 Å². The zero-order valence-electron chi connectivity index (χ0n) is 12.3. The van der Waals surface area contributed by atoms with Crippen LogP contribution >= 0.6 is 0 Å². The highest BCUT2D eigenvalue weighted by atomic mass is 16.2. The first kappa shape index (κ1) is 16.0. The number of benzene rings is 1. The molecule has 4 nitrogen and oxygen atoms in total. The summed E-state index contributed by atoms with van der Waals surface area (Å²) < 4.78 is 0. The van der Waals surface area contributed by atoms with Crippen LogP contribution < -0.4 is 10.6 Å². The second-order valence-electron chi connectivity index (χ2n) is 5.31. The quantitative estimate of drug-likeness (QED) is 0.779. The van der Waals surface area contributed by atoms with E-state index in [4.69, 9.17) is 0 Å². The van der Waals surface area contributed by atoms with E-state index in [1.807, 2.05) is 13.8 Å². The van der Waals surface area contributed by atoms with Crippen molar-refractivity contribution in [3.05, 3.63) is 36.9 Å². The van der Waals surface area contributed by atoms with Crippen LogP contribution in [0.5, 0.6) is 0 Å². The molecular weight excluding hydrogens is 252 g/mol. The van der Waals surface area contributed by atoms with Crippen LogP contribution in [0, 0.1) is 5.41 Å². The summed E-state index contributed by atoms with van der Waals surface area (Å²) in [4.78, 5) is 23.5. The highest BCUT2D eigenvalue weighted by Gasteiger charge is 2.25. The number of rotatable bonds is 6. The highest BCUT2D eigenvalue weighted by Crippen LogP contribution is 2.24. The van der Waals surface area contributed by atoms with E-state index >= 15 is 0 Å². The Labute approximate surface area is 120 Å². The number of nitrogens with one attached hydrogen (secondary N) is 2. The molecule has 0 aliphatic carbocycles. The largest absolute Gasteiger partial charge is 0.326 e. The third-order valence-corrected chi connectivity index (χ3v) is 2.99. The van der Waals surface area contributed by atoms with E-state index < -0.39 is 5.41 Å². The van der Waals surface area contributed by atoms with Crippen LogP contribution in [-0.4, -0.2) is 11.8 Å². The fraction of sp³-hybridized carbons (Fsp3) is 0.375. The van der Waals surface area contributed by atoms with Crippen LogP contribution in [0.3, 0.4) is 0 Å². The van der Waals surface area contributed by atoms with Crippen molar-refractivity contribution in [1.29, 1.82) is 0 Å². The van der Waals surface area contributed by atoms with E-state index in [0.717, 1.165) is 0 Å². The minimum absolute atomic E-state index is 0.0551. The molecule has 0 atom stereocenters. The number of hydrogen-bond acceptors (Lipinski definition) is 2. The minimum Gasteiger partial charge on any atom is -0.326 e. The van der Waals surface area contributed by atoms with E-state index in [0.29, 0.717) is 24.2 Å². The standard InChI is InChI=1S/C16H22N2O2/c1-5-10-16(3,4)15(20)18-13-9-7-8-12(11-13)17-14(19)6-2/h5,7-9,11H,1,6,10H2,2-4H3,(H,17,19)(H,18,20). The molecule has 0 unspecified atom stereocenters. The Morgan fingerprint density at radius 1 is 1.25 bits per heavy atom. The summed E-state index contributed by atoms with van der Waals surface area (Å²) in [5.74, 6) is -0.128. The van der Waals surface area contributed by atoms with Crippen molar-refractivity contribution in [2.24, 2.45) is 5.41 Å². The first-order valence-electron chi connectivity index (χ1n) is 6.71. The van der Waals surface area contributed by atoms with Crippen molar-refractivity contribution in [1.82, 2.24) is 0 Å². The third-order valence-electron chi connectivity index (χ3n) is 2.99. The van der Waals surface area contributed by atoms with Crippen LogP contribution in [0.1, 0.15) is 33.6 Å². The molecule has 2 N–H and O–H groups in total. The molecule has 0 aliphatic rings. The number of allylic oxidation sites excluding steroid dienone is 1. The summed E-state index contributed by atoms with van der Waals surface area (Å²) in [6.45, 7) is 9.19. The number of anilines is 2. The van der Waals surface area contributed by atoms with Crippen molar-refractivity contribution in [3.8, 4) is 0 Å². The van der Waals surface area contributed by atoms with E-state index in [1.54, 1.807) is 37.3 Å². The monoisotopic (exact) mass is 274 g/mol. The lowest BCUT2D eigenvalue weighted by Crippen LogP contribution is -2.30. The second-order valence-corrected chi connectivity index (χ2v) is 5.31. The van der Waals surface area contributed by atoms with Crippen molar-refractivity contribution in [3.63, 3.8) is 0 Å². The van der Waals surface area contributed by atoms with Gasteiger partial charge in [0.05, 0.1) is 0 Å². The average Bonchev–Trinajstić information content (AvgIpc) is 2.38. The van der Waals surface area contributed by atoms with Crippen LogP contribution in [0.15, 0.2) is 36.9 Å². The number of amides is 2. The Balaban J connectivity index is 2.78. The first-order chi connectivity index (χ1) is 9.39. The Bertz CT molecular complexity index is 507. The van der Waals surface area contributed by atoms with E-state index in [9.17, 15) is 9.59 Å². The molecule has 4 heteroatoms. The summed E-state index contributed by atoms with van der Waals surface area (Å²) >= 11 is 0. The fourth-order valence-corrected chi connectivity index (χ4v) is 1.68. The topological polar surface area (TPSA) is 58.2 Å². The molecule has 2 amide bonds. The summed E-state index contributed by atoms with van der Waals surface area (Å²) in [7, 11) is 0. The first-order valence-corrected chi connectivity index (χ1v) is 6.71. The van der Waals surface area contributed by atoms with Gasteiger partial charge in [-0.25, -0.2) is 0 Å². The van der Waals surface area contributed by atoms with Gasteiger partial charge in [-0.1, -0.05) is 32.9 Å². The number of hydrogen-bond donors (Lipinski definition) is 2. The Hall–Kier alpha value is -2.10. The zero-order chi connectivity index (χ0) is 15.2. The van der Waals surface area contributed by atoms with Crippen LogP contribution in [0.25, 0.3) is 0 Å². The lowest BCUT2D eigenvalue weighted by Gasteiger charge is -2.22. The molecule has 0 aliphatic heterocycles. The average molecular weight is 274 g/mol. The van der Waals surface area contributed by atoms with Gasteiger partial charge in [0, 0.05) is 23.2 Å². The molecule has 0 radical (unpaired) electrons. The number of carbonyl (C=O) groups is 2. The van der Waals surface area contributed by atoms with Crippen molar-refractivity contribution in [2.45, 2.75) is 33.6 Å². The normalized spacial score (nSPS) is 10.8. The molecule has 0 heterocycles. The summed E-state index contributed by atoms with van der Waals surface area (Å²) in [6.07, 6.45) is 2.76. The molecule has 0 bridgehead atoms. The van der Waals surface area contributed by atoms with Gasteiger partial charge in [-0.2, -0.15) is 0 Å². The van der Waals surface area contributed by atoms with Gasteiger partial charge in [-0.05, 0) is 24.6 Å². The molecule has 0 fully saturated rings. The van der Waals surface area contributed by atoms with Gasteiger partial charge in [0.1, 0.15) is 0 Å². The molecule has 1 rings (SSSR count). The van der Waals surface area contributed by atoms with Crippen molar-refractivity contribution >= 4 is 23.2 Å². The second kappa shape index (κ2) is 6.89. The van der Waals surface area contributed by atoms with Gasteiger partial charge >= 0.3 is 0 Å². The molecule has 1 aromatic rings. The van der Waals surface area contributed by atoms with Crippen molar-refractivity contribution < 1.29 is 9.59 Å². The Kier molecular flexibility index (Phi) is 5.50. The fourth-order valence-electron chi connectivity index (χ4n) is 1.68. The SMILES string of the molecule is C=CCC(C)(C)C(=O)Nc1cccc(NC(=O)CC)c1. The molecule has 1 aromatic carbocycles. The van der Waals surface area contributed by atoms with E-state index in [2.05, 4.69) is 17.2 Å². The maximum Gasteiger partial charge on any atom is 0.230 e. The van der Waals surface area contributed by atoms with Gasteiger partial charge in [0.25, 0.3) is 0 Å². The molecule has 0 spiro atoms. The number of carbonyl (C=O) groups excluding carboxylic acids is 2. The maximum absolute atomic E-state index is 12.2. The molecule has 0 saturated heterocycles. The van der Waals surface area contributed by atoms with Crippen LogP contribution in [0.4, 0.5) is 11.4 Å². The van der Waals surface area contributed by atoms with Crippen molar-refractivity contribution in [2.75, 3.05) is 10.6 Å². The summed E-state index contributed by atoms with van der Waals surface area (Å²) in [5, 5.41) is 5.62. The van der Waals surface area contributed by atoms with Gasteiger partial charge < -0.3 is 10.6 Å². The van der Waals surface area contributed by atoms with Gasteiger partial charge in [0.2, 0.25) is 11.8 Å². The molecule has 20 heavy (non-hydrogen) atoms. The highest BCUT2D eigenvalue weighted by molar-refractivity contribution is 5.96. The summed E-state index contributed by atoms with van der Waals surface area (Å²) in [6, 6.07) is 7.12. The molecule has 0 saturated carbocycles. The van der Waals surface area contributed by atoms with Gasteiger partial charge in [-0.15, -0.1) is 6.58 Å². The predicted molar refractivity (Wildman–Crippen MR) is 82.6 cm³/mol. The lowest BCUT2D eigenvalue weighted by molar-refractivity contribution is -0.123. The van der Waals surface area contributed by atoms with E-state index in [1.165, 1.54) is 0 Å². The zero-order valence-corrected chi connectivity index (χ0v) is 12.3. The molecular formula is C16H22N2O2. The molecule has 108 valence electrons. The Morgan fingerprint density at radius 3 is 2.40 bits per heavy atom. The minimum atomic E-state index is -0.510. The van der Waals surface area contributed by atoms with Gasteiger partial charge in [-0.3, -0.25) is 9.59 Å². The maximum atomic E-state index is 12.2. The third kappa shape index (κ3) is 4.53. The van der Waals surface area contributed by atoms with Gasteiger partial charge in [0.15, 0.2) is 0 Å². The van der Waals surface area contributed by atoms with Crippen LogP contribution in [-0.2, 0) is 9.59 Å². The lowest BCUT2D eigenvalue weighted by atomic mass is 9.88. The molecule has 0 aromatic heterocycles. The smallest absolute Gasteiger partial charge is 0.230 e. The Morgan fingerprint density at radius 2 is 1.85 bits per heavy atom. The summed E-state index contributed by atoms with van der Waals surface area (Å²) in [5.41, 5.74) is 0.835. The van der Waals surface area contributed by atoms with E-state index in [-0.39, 0.29) is 11.8 Å². The predicted octanol–water partition coefficient (Wildman–Crippen LogP) is 3.58.